The molecule has 0 radical (unpaired) electrons. The van der Waals surface area contributed by atoms with Gasteiger partial charge < -0.3 is 18.9 Å². The van der Waals surface area contributed by atoms with Crippen LogP contribution in [0.1, 0.15) is 73.6 Å². The molecule has 0 saturated heterocycles. The number of hydrogen-bond acceptors (Lipinski definition) is 7. The molecule has 0 spiro atoms. The van der Waals surface area contributed by atoms with Crippen molar-refractivity contribution >= 4 is 23.6 Å². The number of carbonyl (C=O) groups excluding carboxylic acids is 3. The maximum Gasteiger partial charge on any atom is 0.310 e. The standard InChI is InChI=1S/C34H45NO7/c1-23(2)41-33(37)26(6)31(34(38)42-24(3)4)22-25(5)32(36)40-21-11-9-8-10-20-39-30-18-14-28(15-19-30)27-12-16-29(35-7)17-13-27/h12-19,23-26,31H,8-11,20-22H2,1-6H3. The number of carbonyl (C=O) groups is 3. The molecule has 0 aromatic heterocycles. The SMILES string of the molecule is [C-]#[N+]c1ccc(-c2ccc(OCCCCCCOC(=O)C(C)CC(C(=O)OC(C)C)C(C)C(=O)OC(C)C)cc2)cc1. The number of nitrogens with zero attached hydrogens (tertiary/aromatic N) is 1. The van der Waals surface area contributed by atoms with E-state index in [-0.39, 0.29) is 18.6 Å². The van der Waals surface area contributed by atoms with Crippen molar-refractivity contribution in [3.8, 4) is 16.9 Å². The summed E-state index contributed by atoms with van der Waals surface area (Å²) in [7, 11) is 0. The molecule has 2 rings (SSSR count). The zero-order valence-corrected chi connectivity index (χ0v) is 25.8. The summed E-state index contributed by atoms with van der Waals surface area (Å²) in [5.74, 6) is -2.68. The summed E-state index contributed by atoms with van der Waals surface area (Å²) >= 11 is 0. The molecule has 0 aliphatic rings. The van der Waals surface area contributed by atoms with Gasteiger partial charge in [0.15, 0.2) is 5.69 Å². The zero-order valence-electron chi connectivity index (χ0n) is 25.8. The van der Waals surface area contributed by atoms with Gasteiger partial charge in [0, 0.05) is 0 Å². The van der Waals surface area contributed by atoms with E-state index in [1.165, 1.54) is 0 Å². The van der Waals surface area contributed by atoms with Crippen molar-refractivity contribution in [2.24, 2.45) is 17.8 Å². The number of esters is 3. The van der Waals surface area contributed by atoms with Crippen LogP contribution in [0.15, 0.2) is 48.5 Å². The first-order valence-electron chi connectivity index (χ1n) is 14.8. The second-order valence-electron chi connectivity index (χ2n) is 11.1. The van der Waals surface area contributed by atoms with Crippen LogP contribution in [-0.4, -0.2) is 43.3 Å². The van der Waals surface area contributed by atoms with E-state index in [4.69, 9.17) is 25.5 Å². The predicted octanol–water partition coefficient (Wildman–Crippen LogP) is 7.57. The summed E-state index contributed by atoms with van der Waals surface area (Å²) < 4.78 is 21.9. The fourth-order valence-electron chi connectivity index (χ4n) is 4.34. The molecule has 0 bridgehead atoms. The largest absolute Gasteiger partial charge is 0.494 e. The van der Waals surface area contributed by atoms with Crippen molar-refractivity contribution in [2.45, 2.75) is 85.9 Å². The van der Waals surface area contributed by atoms with E-state index in [9.17, 15) is 14.4 Å². The van der Waals surface area contributed by atoms with Crippen molar-refractivity contribution in [1.29, 1.82) is 0 Å². The molecule has 8 heteroatoms. The van der Waals surface area contributed by atoms with Crippen LogP contribution in [0.25, 0.3) is 16.0 Å². The Labute approximate surface area is 250 Å². The van der Waals surface area contributed by atoms with E-state index in [2.05, 4.69) is 4.85 Å². The molecule has 8 nitrogen and oxygen atoms in total. The lowest BCUT2D eigenvalue weighted by molar-refractivity contribution is -0.166. The van der Waals surface area contributed by atoms with Crippen LogP contribution < -0.4 is 4.74 Å². The molecule has 228 valence electrons. The van der Waals surface area contributed by atoms with Crippen LogP contribution in [0.4, 0.5) is 5.69 Å². The van der Waals surface area contributed by atoms with Crippen LogP contribution in [0.5, 0.6) is 5.75 Å². The number of benzene rings is 2. The number of ether oxygens (including phenoxy) is 4. The molecule has 0 aliphatic carbocycles. The highest BCUT2D eigenvalue weighted by Gasteiger charge is 2.36. The van der Waals surface area contributed by atoms with Crippen LogP contribution in [0.2, 0.25) is 0 Å². The summed E-state index contributed by atoms with van der Waals surface area (Å²) in [6.07, 6.45) is 2.96. The maximum absolute atomic E-state index is 12.7. The van der Waals surface area contributed by atoms with Gasteiger partial charge in [-0.3, -0.25) is 14.4 Å². The first kappa shape index (κ1) is 34.3. The molecular formula is C34H45NO7. The number of rotatable bonds is 17. The zero-order chi connectivity index (χ0) is 31.1. The molecule has 2 aromatic rings. The van der Waals surface area contributed by atoms with E-state index in [0.717, 1.165) is 42.6 Å². The summed E-state index contributed by atoms with van der Waals surface area (Å²) in [5, 5.41) is 0. The van der Waals surface area contributed by atoms with Gasteiger partial charge in [0.25, 0.3) is 0 Å². The number of unbranched alkanes of at least 4 members (excludes halogenated alkanes) is 3. The van der Waals surface area contributed by atoms with Gasteiger partial charge in [0.05, 0.1) is 49.7 Å². The summed E-state index contributed by atoms with van der Waals surface area (Å²) in [4.78, 5) is 41.2. The quantitative estimate of drug-likeness (QED) is 0.0826. The van der Waals surface area contributed by atoms with Gasteiger partial charge in [-0.1, -0.05) is 50.2 Å². The Kier molecular flexibility index (Phi) is 14.6. The van der Waals surface area contributed by atoms with E-state index in [1.54, 1.807) is 41.5 Å². The third-order valence-corrected chi connectivity index (χ3v) is 6.73. The van der Waals surface area contributed by atoms with Gasteiger partial charge in [-0.25, -0.2) is 4.85 Å². The van der Waals surface area contributed by atoms with E-state index in [0.29, 0.717) is 18.9 Å². The Bertz CT molecular complexity index is 1170. The Morgan fingerprint density at radius 1 is 0.690 bits per heavy atom. The van der Waals surface area contributed by atoms with Crippen molar-refractivity contribution in [1.82, 2.24) is 0 Å². The van der Waals surface area contributed by atoms with Crippen LogP contribution in [-0.2, 0) is 28.6 Å². The van der Waals surface area contributed by atoms with E-state index < -0.39 is 35.7 Å². The maximum atomic E-state index is 12.7. The summed E-state index contributed by atoms with van der Waals surface area (Å²) in [6.45, 7) is 18.3. The van der Waals surface area contributed by atoms with Crippen molar-refractivity contribution in [3.63, 3.8) is 0 Å². The molecule has 2 aromatic carbocycles. The highest BCUT2D eigenvalue weighted by molar-refractivity contribution is 5.83. The van der Waals surface area contributed by atoms with Crippen molar-refractivity contribution in [3.05, 3.63) is 59.9 Å². The first-order chi connectivity index (χ1) is 20.0. The van der Waals surface area contributed by atoms with Crippen LogP contribution in [0.3, 0.4) is 0 Å². The van der Waals surface area contributed by atoms with Crippen molar-refractivity contribution in [2.75, 3.05) is 13.2 Å². The average Bonchev–Trinajstić information content (AvgIpc) is 2.96. The van der Waals surface area contributed by atoms with Gasteiger partial charge in [0.2, 0.25) is 0 Å². The fraction of sp³-hybridized carbons (Fsp3) is 0.529. The lowest BCUT2D eigenvalue weighted by Crippen LogP contribution is -2.35. The molecule has 0 fully saturated rings. The normalized spacial score (nSPS) is 13.1. The molecule has 0 saturated carbocycles. The molecule has 0 N–H and O–H groups in total. The highest BCUT2D eigenvalue weighted by Crippen LogP contribution is 2.26. The second-order valence-corrected chi connectivity index (χ2v) is 11.1. The first-order valence-corrected chi connectivity index (χ1v) is 14.8. The Hall–Kier alpha value is -3.86. The van der Waals surface area contributed by atoms with Gasteiger partial charge in [0.1, 0.15) is 5.75 Å². The summed E-state index contributed by atoms with van der Waals surface area (Å²) in [6, 6.07) is 15.4. The third kappa shape index (κ3) is 11.9. The average molecular weight is 580 g/mol. The topological polar surface area (TPSA) is 92.5 Å². The molecule has 42 heavy (non-hydrogen) atoms. The number of hydrogen-bond donors (Lipinski definition) is 0. The second kappa shape index (κ2) is 17.8. The van der Waals surface area contributed by atoms with Crippen LogP contribution >= 0.6 is 0 Å². The minimum absolute atomic E-state index is 0.144. The molecule has 3 unspecified atom stereocenters. The van der Waals surface area contributed by atoms with Gasteiger partial charge in [-0.2, -0.15) is 0 Å². The molecular weight excluding hydrogens is 534 g/mol. The van der Waals surface area contributed by atoms with E-state index >= 15 is 0 Å². The summed E-state index contributed by atoms with van der Waals surface area (Å²) in [5.41, 5.74) is 2.74. The monoisotopic (exact) mass is 579 g/mol. The molecule has 0 aliphatic heterocycles. The minimum atomic E-state index is -0.797. The van der Waals surface area contributed by atoms with Gasteiger partial charge in [-0.05, 0) is 83.1 Å². The molecule has 0 amide bonds. The van der Waals surface area contributed by atoms with Gasteiger partial charge >= 0.3 is 17.9 Å². The minimum Gasteiger partial charge on any atom is -0.494 e. The third-order valence-electron chi connectivity index (χ3n) is 6.73. The van der Waals surface area contributed by atoms with Crippen molar-refractivity contribution < 1.29 is 33.3 Å². The van der Waals surface area contributed by atoms with Crippen LogP contribution in [0, 0.1) is 24.3 Å². The van der Waals surface area contributed by atoms with E-state index in [1.807, 2.05) is 48.5 Å². The van der Waals surface area contributed by atoms with Gasteiger partial charge in [-0.15, -0.1) is 0 Å². The predicted molar refractivity (Wildman–Crippen MR) is 162 cm³/mol. The fourth-order valence-corrected chi connectivity index (χ4v) is 4.34. The smallest absolute Gasteiger partial charge is 0.310 e. The molecule has 3 atom stereocenters. The Morgan fingerprint density at radius 3 is 1.76 bits per heavy atom. The Balaban J connectivity index is 1.68. The molecule has 0 heterocycles. The lowest BCUT2D eigenvalue weighted by atomic mass is 9.85. The highest BCUT2D eigenvalue weighted by atomic mass is 16.6. The lowest BCUT2D eigenvalue weighted by Gasteiger charge is -2.25. The Morgan fingerprint density at radius 2 is 1.21 bits per heavy atom.